The van der Waals surface area contributed by atoms with Crippen LogP contribution in [0.4, 0.5) is 0 Å². The predicted octanol–water partition coefficient (Wildman–Crippen LogP) is 4.99. The summed E-state index contributed by atoms with van der Waals surface area (Å²) in [7, 11) is 0. The standard InChI is InChI=1S/C27H32N2O3/c1-21-15-16-24(32-21)19-28(18-23-13-9-6-10-14-23)26(31)20-29(27(2,3)4)25(30)17-22-11-7-5-8-12-22/h5-16H,17-20H2,1-4H3. The Labute approximate surface area is 190 Å². The highest BCUT2D eigenvalue weighted by Gasteiger charge is 2.30. The van der Waals surface area contributed by atoms with Gasteiger partial charge in [0.1, 0.15) is 18.1 Å². The van der Waals surface area contributed by atoms with Crippen LogP contribution in [0.3, 0.4) is 0 Å². The molecule has 3 rings (SSSR count). The molecule has 0 N–H and O–H groups in total. The third-order valence-corrected chi connectivity index (χ3v) is 5.31. The monoisotopic (exact) mass is 432 g/mol. The lowest BCUT2D eigenvalue weighted by Gasteiger charge is -2.37. The second-order valence-corrected chi connectivity index (χ2v) is 9.06. The molecule has 0 saturated heterocycles. The van der Waals surface area contributed by atoms with Crippen LogP contribution in [-0.2, 0) is 29.1 Å². The average molecular weight is 433 g/mol. The van der Waals surface area contributed by atoms with Crippen LogP contribution < -0.4 is 0 Å². The summed E-state index contributed by atoms with van der Waals surface area (Å²) in [5, 5.41) is 0. The number of carbonyl (C=O) groups excluding carboxylic acids is 2. The van der Waals surface area contributed by atoms with Gasteiger partial charge in [0.2, 0.25) is 11.8 Å². The molecule has 2 aromatic carbocycles. The maximum Gasteiger partial charge on any atom is 0.242 e. The van der Waals surface area contributed by atoms with Crippen molar-refractivity contribution in [3.8, 4) is 0 Å². The number of nitrogens with zero attached hydrogens (tertiary/aromatic N) is 2. The van der Waals surface area contributed by atoms with E-state index in [0.717, 1.165) is 22.6 Å². The van der Waals surface area contributed by atoms with E-state index in [1.807, 2.05) is 100 Å². The Balaban J connectivity index is 1.79. The topological polar surface area (TPSA) is 53.8 Å². The van der Waals surface area contributed by atoms with Crippen molar-refractivity contribution in [1.29, 1.82) is 0 Å². The number of rotatable bonds is 8. The van der Waals surface area contributed by atoms with Gasteiger partial charge in [-0.15, -0.1) is 0 Å². The van der Waals surface area contributed by atoms with Crippen LogP contribution in [0.5, 0.6) is 0 Å². The van der Waals surface area contributed by atoms with Crippen molar-refractivity contribution < 1.29 is 14.0 Å². The van der Waals surface area contributed by atoms with Gasteiger partial charge in [0.15, 0.2) is 0 Å². The molecule has 0 unspecified atom stereocenters. The van der Waals surface area contributed by atoms with Crippen LogP contribution in [0.2, 0.25) is 0 Å². The summed E-state index contributed by atoms with van der Waals surface area (Å²) in [4.78, 5) is 30.1. The largest absolute Gasteiger partial charge is 0.464 e. The SMILES string of the molecule is Cc1ccc(CN(Cc2ccccc2)C(=O)CN(C(=O)Cc2ccccc2)C(C)(C)C)o1. The fourth-order valence-electron chi connectivity index (χ4n) is 3.59. The van der Waals surface area contributed by atoms with Crippen molar-refractivity contribution in [3.05, 3.63) is 95.4 Å². The Bertz CT molecular complexity index is 1020. The minimum Gasteiger partial charge on any atom is -0.464 e. The lowest BCUT2D eigenvalue weighted by molar-refractivity contribution is -0.145. The maximum atomic E-state index is 13.5. The molecule has 2 amide bonds. The number of hydrogen-bond acceptors (Lipinski definition) is 3. The maximum absolute atomic E-state index is 13.5. The molecule has 0 radical (unpaired) electrons. The highest BCUT2D eigenvalue weighted by molar-refractivity contribution is 5.86. The van der Waals surface area contributed by atoms with E-state index in [1.54, 1.807) is 9.80 Å². The van der Waals surface area contributed by atoms with Crippen LogP contribution in [0.1, 0.15) is 43.4 Å². The van der Waals surface area contributed by atoms with Gasteiger partial charge in [-0.2, -0.15) is 0 Å². The molecule has 0 spiro atoms. The highest BCUT2D eigenvalue weighted by atomic mass is 16.3. The molecule has 0 aliphatic rings. The molecular weight excluding hydrogens is 400 g/mol. The van der Waals surface area contributed by atoms with Gasteiger partial charge in [0.05, 0.1) is 13.0 Å². The highest BCUT2D eigenvalue weighted by Crippen LogP contribution is 2.18. The van der Waals surface area contributed by atoms with Crippen molar-refractivity contribution in [3.63, 3.8) is 0 Å². The van der Waals surface area contributed by atoms with Crippen molar-refractivity contribution in [2.75, 3.05) is 6.54 Å². The first kappa shape index (κ1) is 23.3. The Hall–Kier alpha value is -3.34. The fourth-order valence-corrected chi connectivity index (χ4v) is 3.59. The van der Waals surface area contributed by atoms with Crippen molar-refractivity contribution in [1.82, 2.24) is 9.80 Å². The van der Waals surface area contributed by atoms with Gasteiger partial charge < -0.3 is 14.2 Å². The quantitative estimate of drug-likeness (QED) is 0.504. The van der Waals surface area contributed by atoms with E-state index in [2.05, 4.69) is 0 Å². The Morgan fingerprint density at radius 3 is 1.91 bits per heavy atom. The minimum absolute atomic E-state index is 0.0156. The number of hydrogen-bond donors (Lipinski definition) is 0. The Morgan fingerprint density at radius 1 is 0.781 bits per heavy atom. The van der Waals surface area contributed by atoms with Gasteiger partial charge in [-0.25, -0.2) is 0 Å². The first-order chi connectivity index (χ1) is 15.2. The zero-order valence-corrected chi connectivity index (χ0v) is 19.4. The number of furan rings is 1. The van der Waals surface area contributed by atoms with Gasteiger partial charge in [-0.1, -0.05) is 60.7 Å². The molecular formula is C27H32N2O3. The average Bonchev–Trinajstić information content (AvgIpc) is 3.16. The lowest BCUT2D eigenvalue weighted by Crippen LogP contribution is -2.51. The van der Waals surface area contributed by atoms with Crippen molar-refractivity contribution in [2.45, 2.75) is 52.7 Å². The second-order valence-electron chi connectivity index (χ2n) is 9.06. The van der Waals surface area contributed by atoms with Gasteiger partial charge >= 0.3 is 0 Å². The zero-order valence-electron chi connectivity index (χ0n) is 19.4. The fraction of sp³-hybridized carbons (Fsp3) is 0.333. The number of benzene rings is 2. The zero-order chi connectivity index (χ0) is 23.1. The smallest absolute Gasteiger partial charge is 0.242 e. The van der Waals surface area contributed by atoms with Gasteiger partial charge in [0, 0.05) is 12.1 Å². The van der Waals surface area contributed by atoms with Crippen LogP contribution in [-0.4, -0.2) is 33.7 Å². The first-order valence-electron chi connectivity index (χ1n) is 10.9. The van der Waals surface area contributed by atoms with Crippen molar-refractivity contribution >= 4 is 11.8 Å². The number of aryl methyl sites for hydroxylation is 1. The summed E-state index contributed by atoms with van der Waals surface area (Å²) in [5.41, 5.74) is 1.48. The van der Waals surface area contributed by atoms with E-state index in [4.69, 9.17) is 4.42 Å². The van der Waals surface area contributed by atoms with Gasteiger partial charge in [-0.05, 0) is 51.0 Å². The normalized spacial score (nSPS) is 11.2. The second kappa shape index (κ2) is 10.3. The van der Waals surface area contributed by atoms with Gasteiger partial charge in [-0.3, -0.25) is 9.59 Å². The molecule has 5 nitrogen and oxygen atoms in total. The molecule has 0 aliphatic carbocycles. The van der Waals surface area contributed by atoms with Crippen molar-refractivity contribution in [2.24, 2.45) is 0 Å². The predicted molar refractivity (Wildman–Crippen MR) is 126 cm³/mol. The van der Waals surface area contributed by atoms with E-state index >= 15 is 0 Å². The molecule has 3 aromatic rings. The molecule has 1 heterocycles. The molecule has 0 atom stereocenters. The van der Waals surface area contributed by atoms with Crippen LogP contribution in [0, 0.1) is 6.92 Å². The summed E-state index contributed by atoms with van der Waals surface area (Å²) in [6.07, 6.45) is 0.265. The molecule has 0 bridgehead atoms. The van der Waals surface area contributed by atoms with Crippen LogP contribution >= 0.6 is 0 Å². The molecule has 0 saturated carbocycles. The molecule has 1 aromatic heterocycles. The molecule has 0 fully saturated rings. The Kier molecular flexibility index (Phi) is 7.52. The van der Waals surface area contributed by atoms with Crippen LogP contribution in [0.25, 0.3) is 0 Å². The summed E-state index contributed by atoms with van der Waals surface area (Å²) in [6, 6.07) is 23.3. The third-order valence-electron chi connectivity index (χ3n) is 5.31. The minimum atomic E-state index is -0.485. The summed E-state index contributed by atoms with van der Waals surface area (Å²) in [6.45, 7) is 8.58. The van der Waals surface area contributed by atoms with Gasteiger partial charge in [0.25, 0.3) is 0 Å². The van der Waals surface area contributed by atoms with E-state index in [1.165, 1.54) is 0 Å². The third kappa shape index (κ3) is 6.58. The summed E-state index contributed by atoms with van der Waals surface area (Å²) < 4.78 is 5.73. The van der Waals surface area contributed by atoms with Crippen LogP contribution in [0.15, 0.2) is 77.2 Å². The molecule has 5 heteroatoms. The number of amides is 2. The number of carbonyl (C=O) groups is 2. The molecule has 0 aliphatic heterocycles. The van der Waals surface area contributed by atoms with E-state index < -0.39 is 5.54 Å². The van der Waals surface area contributed by atoms with E-state index in [0.29, 0.717) is 13.1 Å². The molecule has 32 heavy (non-hydrogen) atoms. The summed E-state index contributed by atoms with van der Waals surface area (Å²) in [5.74, 6) is 1.36. The first-order valence-corrected chi connectivity index (χ1v) is 10.9. The van der Waals surface area contributed by atoms with E-state index in [9.17, 15) is 9.59 Å². The Morgan fingerprint density at radius 2 is 1.38 bits per heavy atom. The summed E-state index contributed by atoms with van der Waals surface area (Å²) >= 11 is 0. The lowest BCUT2D eigenvalue weighted by atomic mass is 10.0. The molecule has 168 valence electrons. The van der Waals surface area contributed by atoms with E-state index in [-0.39, 0.29) is 24.8 Å².